The number of nitrogens with zero attached hydrogens (tertiary/aromatic N) is 3. The highest BCUT2D eigenvalue weighted by molar-refractivity contribution is 5.55. The first kappa shape index (κ1) is 10.0. The molecule has 0 radical (unpaired) electrons. The summed E-state index contributed by atoms with van der Waals surface area (Å²) in [6.07, 6.45) is 0. The Balaban J connectivity index is 3.63. The molecule has 0 N–H and O–H groups in total. The number of methoxy groups -OCH3 is 1. The Labute approximate surface area is 82.4 Å². The summed E-state index contributed by atoms with van der Waals surface area (Å²) in [6.45, 7) is 3.54. The summed E-state index contributed by atoms with van der Waals surface area (Å²) in [4.78, 5) is 4.07. The number of rotatable bonds is 1. The molecule has 1 aromatic heterocycles. The lowest BCUT2D eigenvalue weighted by atomic mass is 10.0. The second-order valence-corrected chi connectivity index (χ2v) is 2.81. The van der Waals surface area contributed by atoms with Gasteiger partial charge in [0.1, 0.15) is 17.7 Å². The molecule has 70 valence electrons. The van der Waals surface area contributed by atoms with E-state index in [1.165, 1.54) is 7.11 Å². The SMILES string of the molecule is COc1nc(C)c(C)c(C#N)c1C#N. The van der Waals surface area contributed by atoms with Crippen molar-refractivity contribution in [2.45, 2.75) is 13.8 Å². The Morgan fingerprint density at radius 2 is 1.71 bits per heavy atom. The van der Waals surface area contributed by atoms with Crippen LogP contribution in [0, 0.1) is 36.5 Å². The lowest BCUT2D eigenvalue weighted by Gasteiger charge is -2.07. The van der Waals surface area contributed by atoms with Crippen LogP contribution in [0.1, 0.15) is 22.4 Å². The molecular weight excluding hydrogens is 178 g/mol. The first-order valence-electron chi connectivity index (χ1n) is 4.01. The largest absolute Gasteiger partial charge is 0.480 e. The minimum atomic E-state index is 0.207. The lowest BCUT2D eigenvalue weighted by molar-refractivity contribution is 0.395. The van der Waals surface area contributed by atoms with E-state index in [4.69, 9.17) is 15.3 Å². The van der Waals surface area contributed by atoms with Crippen LogP contribution in [0.15, 0.2) is 0 Å². The van der Waals surface area contributed by atoms with Gasteiger partial charge in [-0.2, -0.15) is 10.5 Å². The minimum Gasteiger partial charge on any atom is -0.480 e. The van der Waals surface area contributed by atoms with Gasteiger partial charge in [0, 0.05) is 5.69 Å². The monoisotopic (exact) mass is 187 g/mol. The Morgan fingerprint density at radius 1 is 1.14 bits per heavy atom. The lowest BCUT2D eigenvalue weighted by Crippen LogP contribution is -2.01. The van der Waals surface area contributed by atoms with E-state index in [-0.39, 0.29) is 11.4 Å². The van der Waals surface area contributed by atoms with Crippen LogP contribution < -0.4 is 4.74 Å². The van der Waals surface area contributed by atoms with E-state index in [0.29, 0.717) is 11.3 Å². The summed E-state index contributed by atoms with van der Waals surface area (Å²) in [7, 11) is 1.43. The molecule has 0 amide bonds. The van der Waals surface area contributed by atoms with Crippen LogP contribution in [-0.4, -0.2) is 12.1 Å². The fourth-order valence-electron chi connectivity index (χ4n) is 1.16. The number of aryl methyl sites for hydroxylation is 1. The standard InChI is InChI=1S/C10H9N3O/c1-6-7(2)13-10(14-3)9(5-12)8(6)4-11/h1-3H3. The second-order valence-electron chi connectivity index (χ2n) is 2.81. The Hall–Kier alpha value is -2.07. The zero-order valence-electron chi connectivity index (χ0n) is 8.25. The molecule has 14 heavy (non-hydrogen) atoms. The van der Waals surface area contributed by atoms with Gasteiger partial charge in [-0.25, -0.2) is 4.98 Å². The molecule has 0 aromatic carbocycles. The zero-order valence-corrected chi connectivity index (χ0v) is 8.25. The number of hydrogen-bond donors (Lipinski definition) is 0. The summed E-state index contributed by atoms with van der Waals surface area (Å²) >= 11 is 0. The highest BCUT2D eigenvalue weighted by Crippen LogP contribution is 2.23. The van der Waals surface area contributed by atoms with Crippen molar-refractivity contribution in [1.29, 1.82) is 10.5 Å². The summed E-state index contributed by atoms with van der Waals surface area (Å²) in [5, 5.41) is 17.7. The second kappa shape index (κ2) is 3.76. The van der Waals surface area contributed by atoms with E-state index in [2.05, 4.69) is 4.98 Å². The van der Waals surface area contributed by atoms with Gasteiger partial charge in [0.25, 0.3) is 0 Å². The molecule has 1 aromatic rings. The first-order chi connectivity index (χ1) is 6.65. The molecule has 0 spiro atoms. The van der Waals surface area contributed by atoms with Crippen LogP contribution in [0.3, 0.4) is 0 Å². The molecule has 0 saturated heterocycles. The maximum absolute atomic E-state index is 8.89. The van der Waals surface area contributed by atoms with Crippen molar-refractivity contribution < 1.29 is 4.74 Å². The van der Waals surface area contributed by atoms with Crippen molar-refractivity contribution in [2.75, 3.05) is 7.11 Å². The van der Waals surface area contributed by atoms with Crippen molar-refractivity contribution in [3.63, 3.8) is 0 Å². The minimum absolute atomic E-state index is 0.207. The van der Waals surface area contributed by atoms with Gasteiger partial charge < -0.3 is 4.74 Å². The Morgan fingerprint density at radius 3 is 2.14 bits per heavy atom. The maximum atomic E-state index is 8.89. The van der Waals surface area contributed by atoms with E-state index in [1.54, 1.807) is 13.8 Å². The third-order valence-electron chi connectivity index (χ3n) is 2.07. The van der Waals surface area contributed by atoms with Crippen LogP contribution >= 0.6 is 0 Å². The summed E-state index contributed by atoms with van der Waals surface area (Å²) in [6, 6.07) is 3.91. The molecule has 4 heteroatoms. The molecule has 0 aliphatic rings. The van der Waals surface area contributed by atoms with Gasteiger partial charge >= 0.3 is 0 Å². The van der Waals surface area contributed by atoms with Crippen LogP contribution in [0.4, 0.5) is 0 Å². The maximum Gasteiger partial charge on any atom is 0.233 e. The predicted octanol–water partition coefficient (Wildman–Crippen LogP) is 1.45. The van der Waals surface area contributed by atoms with Gasteiger partial charge in [0.15, 0.2) is 0 Å². The molecule has 4 nitrogen and oxygen atoms in total. The number of ether oxygens (including phenoxy) is 1. The number of hydrogen-bond acceptors (Lipinski definition) is 4. The van der Waals surface area contributed by atoms with E-state index in [0.717, 1.165) is 5.56 Å². The average molecular weight is 187 g/mol. The third-order valence-corrected chi connectivity index (χ3v) is 2.07. The summed E-state index contributed by atoms with van der Waals surface area (Å²) in [5.74, 6) is 0.215. The third kappa shape index (κ3) is 1.38. The molecule has 1 heterocycles. The van der Waals surface area contributed by atoms with Crippen LogP contribution in [0.2, 0.25) is 0 Å². The Kier molecular flexibility index (Phi) is 2.69. The number of nitriles is 2. The fourth-order valence-corrected chi connectivity index (χ4v) is 1.16. The van der Waals surface area contributed by atoms with E-state index >= 15 is 0 Å². The molecule has 0 aliphatic heterocycles. The normalized spacial score (nSPS) is 8.93. The Bertz CT molecular complexity index is 452. The molecule has 1 rings (SSSR count). The van der Waals surface area contributed by atoms with Crippen molar-refractivity contribution in [3.8, 4) is 18.0 Å². The summed E-state index contributed by atoms with van der Waals surface area (Å²) in [5.41, 5.74) is 1.98. The van der Waals surface area contributed by atoms with Crippen LogP contribution in [-0.2, 0) is 0 Å². The summed E-state index contributed by atoms with van der Waals surface area (Å²) < 4.78 is 4.93. The highest BCUT2D eigenvalue weighted by Gasteiger charge is 2.15. The van der Waals surface area contributed by atoms with Gasteiger partial charge in [-0.15, -0.1) is 0 Å². The number of aromatic nitrogens is 1. The van der Waals surface area contributed by atoms with E-state index < -0.39 is 0 Å². The quantitative estimate of drug-likeness (QED) is 0.667. The van der Waals surface area contributed by atoms with Gasteiger partial charge in [-0.05, 0) is 19.4 Å². The van der Waals surface area contributed by atoms with Crippen molar-refractivity contribution >= 4 is 0 Å². The molecule has 0 fully saturated rings. The van der Waals surface area contributed by atoms with Crippen molar-refractivity contribution in [1.82, 2.24) is 4.98 Å². The highest BCUT2D eigenvalue weighted by atomic mass is 16.5. The van der Waals surface area contributed by atoms with Gasteiger partial charge in [-0.1, -0.05) is 0 Å². The molecule has 0 bridgehead atoms. The fraction of sp³-hybridized carbons (Fsp3) is 0.300. The van der Waals surface area contributed by atoms with E-state index in [1.807, 2.05) is 12.1 Å². The van der Waals surface area contributed by atoms with Gasteiger partial charge in [0.2, 0.25) is 5.88 Å². The van der Waals surface area contributed by atoms with Crippen LogP contribution in [0.5, 0.6) is 5.88 Å². The molecule has 0 aliphatic carbocycles. The molecule has 0 unspecified atom stereocenters. The van der Waals surface area contributed by atoms with Crippen molar-refractivity contribution in [2.24, 2.45) is 0 Å². The first-order valence-corrected chi connectivity index (χ1v) is 4.01. The van der Waals surface area contributed by atoms with E-state index in [9.17, 15) is 0 Å². The van der Waals surface area contributed by atoms with Gasteiger partial charge in [0.05, 0.1) is 12.7 Å². The molecule has 0 atom stereocenters. The van der Waals surface area contributed by atoms with Gasteiger partial charge in [-0.3, -0.25) is 0 Å². The molecule has 0 saturated carbocycles. The number of pyridine rings is 1. The smallest absolute Gasteiger partial charge is 0.233 e. The van der Waals surface area contributed by atoms with Crippen molar-refractivity contribution in [3.05, 3.63) is 22.4 Å². The topological polar surface area (TPSA) is 69.7 Å². The zero-order chi connectivity index (χ0) is 10.7. The average Bonchev–Trinajstić information content (AvgIpc) is 2.20. The van der Waals surface area contributed by atoms with Crippen LogP contribution in [0.25, 0.3) is 0 Å². The molecular formula is C10H9N3O. The predicted molar refractivity (Wildman–Crippen MR) is 49.7 cm³/mol.